The maximum atomic E-state index is 13.2. The molecule has 1 aliphatic heterocycles. The highest BCUT2D eigenvalue weighted by molar-refractivity contribution is 5.99. The third-order valence-corrected chi connectivity index (χ3v) is 3.85. The number of hydrogen-bond donors (Lipinski definition) is 0. The molecular weight excluding hydrogens is 229 g/mol. The third-order valence-electron chi connectivity index (χ3n) is 3.85. The molecule has 0 N–H and O–H groups in total. The molecule has 2 nitrogen and oxygen atoms in total. The monoisotopic (exact) mass is 249 g/mol. The lowest BCUT2D eigenvalue weighted by molar-refractivity contribution is 0.101. The summed E-state index contributed by atoms with van der Waals surface area (Å²) in [6, 6.07) is 4.51. The van der Waals surface area contributed by atoms with Crippen LogP contribution in [0.3, 0.4) is 0 Å². The van der Waals surface area contributed by atoms with Crippen LogP contribution in [-0.2, 0) is 0 Å². The van der Waals surface area contributed by atoms with Crippen molar-refractivity contribution in [2.45, 2.75) is 27.2 Å². The molecule has 0 amide bonds. The Kier molecular flexibility index (Phi) is 3.69. The van der Waals surface area contributed by atoms with E-state index < -0.39 is 0 Å². The van der Waals surface area contributed by atoms with Crippen LogP contribution in [-0.4, -0.2) is 18.9 Å². The molecule has 0 saturated carbocycles. The van der Waals surface area contributed by atoms with Gasteiger partial charge >= 0.3 is 0 Å². The predicted molar refractivity (Wildman–Crippen MR) is 71.6 cm³/mol. The number of carbonyl (C=O) groups excluding carboxylic acids is 1. The molecule has 2 rings (SSSR count). The van der Waals surface area contributed by atoms with E-state index in [1.54, 1.807) is 6.07 Å². The van der Waals surface area contributed by atoms with Crippen LogP contribution in [0, 0.1) is 17.7 Å². The molecule has 1 fully saturated rings. The van der Waals surface area contributed by atoms with Gasteiger partial charge in [-0.2, -0.15) is 0 Å². The normalized spacial score (nSPS) is 19.6. The molecule has 0 spiro atoms. The summed E-state index contributed by atoms with van der Waals surface area (Å²) in [6.07, 6.45) is 1.15. The molecule has 1 aromatic rings. The average Bonchev–Trinajstić information content (AvgIpc) is 2.78. The summed E-state index contributed by atoms with van der Waals surface area (Å²) >= 11 is 0. The van der Waals surface area contributed by atoms with Gasteiger partial charge in [0.2, 0.25) is 0 Å². The number of halogens is 1. The number of ketones is 1. The van der Waals surface area contributed by atoms with Crippen LogP contribution in [0.25, 0.3) is 0 Å². The second kappa shape index (κ2) is 5.09. The topological polar surface area (TPSA) is 20.3 Å². The molecule has 1 unspecified atom stereocenters. The number of carbonyl (C=O) groups is 1. The highest BCUT2D eigenvalue weighted by atomic mass is 19.1. The maximum Gasteiger partial charge on any atom is 0.161 e. The summed E-state index contributed by atoms with van der Waals surface area (Å²) in [6.45, 7) is 7.86. The summed E-state index contributed by atoms with van der Waals surface area (Å²) in [5.74, 6) is 0.896. The molecule has 1 saturated heterocycles. The molecule has 1 atom stereocenters. The predicted octanol–water partition coefficient (Wildman–Crippen LogP) is 3.51. The highest BCUT2D eigenvalue weighted by Crippen LogP contribution is 2.31. The maximum absolute atomic E-state index is 13.2. The van der Waals surface area contributed by atoms with Crippen LogP contribution in [0.15, 0.2) is 18.2 Å². The van der Waals surface area contributed by atoms with Crippen molar-refractivity contribution >= 4 is 11.5 Å². The number of rotatable bonds is 3. The Bertz CT molecular complexity index is 456. The van der Waals surface area contributed by atoms with Crippen molar-refractivity contribution in [3.8, 4) is 0 Å². The first-order valence-corrected chi connectivity index (χ1v) is 6.54. The van der Waals surface area contributed by atoms with Crippen LogP contribution in [0.1, 0.15) is 37.6 Å². The first-order valence-electron chi connectivity index (χ1n) is 6.54. The van der Waals surface area contributed by atoms with E-state index in [0.717, 1.165) is 25.2 Å². The molecule has 0 bridgehead atoms. The summed E-state index contributed by atoms with van der Waals surface area (Å²) in [5, 5.41) is 0. The number of Topliss-reactive ketones (excluding diaryl/α,β-unsaturated/α-hetero) is 1. The van der Waals surface area contributed by atoms with Crippen molar-refractivity contribution in [1.29, 1.82) is 0 Å². The Morgan fingerprint density at radius 1 is 1.44 bits per heavy atom. The molecule has 0 radical (unpaired) electrons. The smallest absolute Gasteiger partial charge is 0.161 e. The lowest BCUT2D eigenvalue weighted by atomic mass is 9.95. The quantitative estimate of drug-likeness (QED) is 0.764. The fourth-order valence-electron chi connectivity index (χ4n) is 2.62. The molecule has 1 heterocycles. The SMILES string of the molecule is CC(=O)c1cc(F)ccc1N1CCC(C(C)C)C1. The first kappa shape index (κ1) is 13.1. The zero-order valence-electron chi connectivity index (χ0n) is 11.2. The Morgan fingerprint density at radius 2 is 2.17 bits per heavy atom. The van der Waals surface area contributed by atoms with Crippen LogP contribution in [0.4, 0.5) is 10.1 Å². The zero-order chi connectivity index (χ0) is 13.3. The van der Waals surface area contributed by atoms with Gasteiger partial charge in [-0.15, -0.1) is 0 Å². The van der Waals surface area contributed by atoms with Gasteiger partial charge in [0.1, 0.15) is 5.82 Å². The van der Waals surface area contributed by atoms with Gasteiger partial charge in [0.15, 0.2) is 5.78 Å². The largest absolute Gasteiger partial charge is 0.371 e. The first-order chi connectivity index (χ1) is 8.49. The molecular formula is C15H20FNO. The second-order valence-electron chi connectivity index (χ2n) is 5.46. The van der Waals surface area contributed by atoms with Gasteiger partial charge < -0.3 is 4.90 Å². The van der Waals surface area contributed by atoms with E-state index in [4.69, 9.17) is 0 Å². The summed E-state index contributed by atoms with van der Waals surface area (Å²) < 4.78 is 13.2. The molecule has 18 heavy (non-hydrogen) atoms. The van der Waals surface area contributed by atoms with Gasteiger partial charge in [0.25, 0.3) is 0 Å². The van der Waals surface area contributed by atoms with Gasteiger partial charge in [-0.05, 0) is 43.4 Å². The Hall–Kier alpha value is -1.38. The van der Waals surface area contributed by atoms with Crippen LogP contribution < -0.4 is 4.90 Å². The Labute approximate surface area is 108 Å². The lowest BCUT2D eigenvalue weighted by Crippen LogP contribution is -2.23. The summed E-state index contributed by atoms with van der Waals surface area (Å²) in [5.41, 5.74) is 1.38. The molecule has 98 valence electrons. The van der Waals surface area contributed by atoms with E-state index in [-0.39, 0.29) is 11.6 Å². The van der Waals surface area contributed by atoms with E-state index in [2.05, 4.69) is 18.7 Å². The lowest BCUT2D eigenvalue weighted by Gasteiger charge is -2.22. The van der Waals surface area contributed by atoms with Gasteiger partial charge in [-0.1, -0.05) is 13.8 Å². The van der Waals surface area contributed by atoms with E-state index in [1.807, 2.05) is 0 Å². The molecule has 1 aromatic carbocycles. The minimum Gasteiger partial charge on any atom is -0.371 e. The Morgan fingerprint density at radius 3 is 2.72 bits per heavy atom. The van der Waals surface area contributed by atoms with Crippen molar-refractivity contribution in [2.75, 3.05) is 18.0 Å². The minimum absolute atomic E-state index is 0.0718. The van der Waals surface area contributed by atoms with E-state index >= 15 is 0 Å². The van der Waals surface area contributed by atoms with Crippen molar-refractivity contribution < 1.29 is 9.18 Å². The van der Waals surface area contributed by atoms with Crippen LogP contribution in [0.2, 0.25) is 0 Å². The van der Waals surface area contributed by atoms with E-state index in [0.29, 0.717) is 17.4 Å². The van der Waals surface area contributed by atoms with Crippen molar-refractivity contribution in [2.24, 2.45) is 11.8 Å². The minimum atomic E-state index is -0.344. The number of hydrogen-bond acceptors (Lipinski definition) is 2. The third kappa shape index (κ3) is 2.55. The number of nitrogens with zero attached hydrogens (tertiary/aromatic N) is 1. The number of anilines is 1. The van der Waals surface area contributed by atoms with Gasteiger partial charge in [-0.25, -0.2) is 4.39 Å². The number of benzene rings is 1. The van der Waals surface area contributed by atoms with E-state index in [1.165, 1.54) is 19.1 Å². The fraction of sp³-hybridized carbons (Fsp3) is 0.533. The van der Waals surface area contributed by atoms with Crippen molar-refractivity contribution in [1.82, 2.24) is 0 Å². The highest BCUT2D eigenvalue weighted by Gasteiger charge is 2.26. The molecule has 0 aromatic heterocycles. The average molecular weight is 249 g/mol. The zero-order valence-corrected chi connectivity index (χ0v) is 11.2. The van der Waals surface area contributed by atoms with E-state index in [9.17, 15) is 9.18 Å². The molecule has 0 aliphatic carbocycles. The van der Waals surface area contributed by atoms with Crippen molar-refractivity contribution in [3.05, 3.63) is 29.6 Å². The van der Waals surface area contributed by atoms with Gasteiger partial charge in [0, 0.05) is 24.3 Å². The Balaban J connectivity index is 2.27. The van der Waals surface area contributed by atoms with Crippen LogP contribution in [0.5, 0.6) is 0 Å². The van der Waals surface area contributed by atoms with Crippen molar-refractivity contribution in [3.63, 3.8) is 0 Å². The van der Waals surface area contributed by atoms with Gasteiger partial charge in [-0.3, -0.25) is 4.79 Å². The molecule has 1 aliphatic rings. The summed E-state index contributed by atoms with van der Waals surface area (Å²) in [4.78, 5) is 13.8. The second-order valence-corrected chi connectivity index (χ2v) is 5.46. The standard InChI is InChI=1S/C15H20FNO/c1-10(2)12-6-7-17(9-12)15-5-4-13(16)8-14(15)11(3)18/h4-5,8,10,12H,6-7,9H2,1-3H3. The van der Waals surface area contributed by atoms with Gasteiger partial charge in [0.05, 0.1) is 0 Å². The summed E-state index contributed by atoms with van der Waals surface area (Å²) in [7, 11) is 0. The molecule has 3 heteroatoms. The fourth-order valence-corrected chi connectivity index (χ4v) is 2.62. The van der Waals surface area contributed by atoms with Crippen LogP contribution >= 0.6 is 0 Å².